The lowest BCUT2D eigenvalue weighted by atomic mass is 10.1. The molecule has 0 bridgehead atoms. The lowest BCUT2D eigenvalue weighted by molar-refractivity contribution is -0.137. The number of halogens is 1. The van der Waals surface area contributed by atoms with Gasteiger partial charge in [0.1, 0.15) is 0 Å². The maximum absolute atomic E-state index is 13.0. The Bertz CT molecular complexity index is 852. The first-order valence-corrected chi connectivity index (χ1v) is 10.4. The number of carbonyl (C=O) groups excluding carboxylic acids is 2. The summed E-state index contributed by atoms with van der Waals surface area (Å²) < 4.78 is 0.927. The SMILES string of the molecule is O=C(C1CC(=O)N(c2cccc(Br)c2)C1)N1CCN(Cc2ccccn2)CC1. The molecule has 0 N–H and O–H groups in total. The van der Waals surface area contributed by atoms with Crippen LogP contribution in [0.3, 0.4) is 0 Å². The molecule has 1 atom stereocenters. The van der Waals surface area contributed by atoms with Crippen molar-refractivity contribution in [3.05, 3.63) is 58.8 Å². The third-order valence-electron chi connectivity index (χ3n) is 5.39. The van der Waals surface area contributed by atoms with E-state index in [0.29, 0.717) is 26.1 Å². The standard InChI is InChI=1S/C21H23BrN4O2/c22-17-4-3-6-19(13-17)26-14-16(12-20(26)27)21(28)25-10-8-24(9-11-25)15-18-5-1-2-7-23-18/h1-7,13,16H,8-12,14-15H2. The molecular weight excluding hydrogens is 420 g/mol. The first-order chi connectivity index (χ1) is 13.6. The van der Waals surface area contributed by atoms with Crippen molar-refractivity contribution in [2.24, 2.45) is 5.92 Å². The van der Waals surface area contributed by atoms with Gasteiger partial charge in [0.25, 0.3) is 0 Å². The lowest BCUT2D eigenvalue weighted by Gasteiger charge is -2.35. The van der Waals surface area contributed by atoms with Gasteiger partial charge in [0, 0.05) is 62.0 Å². The highest BCUT2D eigenvalue weighted by Crippen LogP contribution is 2.28. The van der Waals surface area contributed by atoms with Gasteiger partial charge in [-0.1, -0.05) is 28.1 Å². The van der Waals surface area contributed by atoms with E-state index in [0.717, 1.165) is 35.5 Å². The van der Waals surface area contributed by atoms with E-state index in [1.165, 1.54) is 0 Å². The van der Waals surface area contributed by atoms with Crippen molar-refractivity contribution in [2.75, 3.05) is 37.6 Å². The third kappa shape index (κ3) is 4.25. The number of nitrogens with zero attached hydrogens (tertiary/aromatic N) is 4. The number of piperazine rings is 1. The van der Waals surface area contributed by atoms with E-state index >= 15 is 0 Å². The second kappa shape index (κ2) is 8.41. The van der Waals surface area contributed by atoms with E-state index in [9.17, 15) is 9.59 Å². The average molecular weight is 443 g/mol. The van der Waals surface area contributed by atoms with E-state index in [4.69, 9.17) is 0 Å². The van der Waals surface area contributed by atoms with Gasteiger partial charge in [0.2, 0.25) is 11.8 Å². The average Bonchev–Trinajstić information content (AvgIpc) is 3.10. The Kier molecular flexibility index (Phi) is 5.73. The van der Waals surface area contributed by atoms with Gasteiger partial charge in [-0.3, -0.25) is 19.5 Å². The van der Waals surface area contributed by atoms with Crippen molar-refractivity contribution >= 4 is 33.4 Å². The summed E-state index contributed by atoms with van der Waals surface area (Å²) in [5.41, 5.74) is 1.89. The fourth-order valence-corrected chi connectivity index (χ4v) is 4.26. The summed E-state index contributed by atoms with van der Waals surface area (Å²) >= 11 is 3.44. The van der Waals surface area contributed by atoms with Crippen LogP contribution in [-0.4, -0.2) is 59.3 Å². The largest absolute Gasteiger partial charge is 0.340 e. The Hall–Kier alpha value is -2.25. The molecule has 4 rings (SSSR count). The number of anilines is 1. The van der Waals surface area contributed by atoms with Gasteiger partial charge in [-0.25, -0.2) is 0 Å². The second-order valence-electron chi connectivity index (χ2n) is 7.31. The van der Waals surface area contributed by atoms with Crippen molar-refractivity contribution in [3.8, 4) is 0 Å². The van der Waals surface area contributed by atoms with Crippen LogP contribution in [-0.2, 0) is 16.1 Å². The van der Waals surface area contributed by atoms with Gasteiger partial charge < -0.3 is 9.80 Å². The number of hydrogen-bond acceptors (Lipinski definition) is 4. The fourth-order valence-electron chi connectivity index (χ4n) is 3.87. The zero-order chi connectivity index (χ0) is 19.5. The highest BCUT2D eigenvalue weighted by molar-refractivity contribution is 9.10. The second-order valence-corrected chi connectivity index (χ2v) is 8.22. The highest BCUT2D eigenvalue weighted by Gasteiger charge is 2.37. The van der Waals surface area contributed by atoms with Gasteiger partial charge >= 0.3 is 0 Å². The minimum absolute atomic E-state index is 0.0187. The normalized spacial score (nSPS) is 20.6. The zero-order valence-corrected chi connectivity index (χ0v) is 17.2. The van der Waals surface area contributed by atoms with E-state index in [1.54, 1.807) is 4.90 Å². The maximum Gasteiger partial charge on any atom is 0.228 e. The van der Waals surface area contributed by atoms with Gasteiger partial charge in [0.15, 0.2) is 0 Å². The zero-order valence-electron chi connectivity index (χ0n) is 15.6. The van der Waals surface area contributed by atoms with Crippen molar-refractivity contribution in [1.82, 2.24) is 14.8 Å². The molecule has 2 amide bonds. The Morgan fingerprint density at radius 3 is 2.64 bits per heavy atom. The lowest BCUT2D eigenvalue weighted by Crippen LogP contribution is -2.50. The summed E-state index contributed by atoms with van der Waals surface area (Å²) in [7, 11) is 0. The van der Waals surface area contributed by atoms with Crippen LogP contribution in [0.4, 0.5) is 5.69 Å². The summed E-state index contributed by atoms with van der Waals surface area (Å²) in [6.07, 6.45) is 2.10. The van der Waals surface area contributed by atoms with Crippen molar-refractivity contribution < 1.29 is 9.59 Å². The molecule has 1 aromatic heterocycles. The quantitative estimate of drug-likeness (QED) is 0.729. The van der Waals surface area contributed by atoms with E-state index in [-0.39, 0.29) is 17.7 Å². The van der Waals surface area contributed by atoms with Crippen LogP contribution in [0.1, 0.15) is 12.1 Å². The Balaban J connectivity index is 1.32. The summed E-state index contributed by atoms with van der Waals surface area (Å²) in [5.74, 6) is -0.137. The first kappa shape index (κ1) is 19.1. The molecule has 2 saturated heterocycles. The summed E-state index contributed by atoms with van der Waals surface area (Å²) in [6, 6.07) is 13.6. The molecule has 0 radical (unpaired) electrons. The van der Waals surface area contributed by atoms with E-state index in [2.05, 4.69) is 25.8 Å². The van der Waals surface area contributed by atoms with Gasteiger partial charge in [0.05, 0.1) is 11.6 Å². The Morgan fingerprint density at radius 2 is 1.93 bits per heavy atom. The molecule has 1 aromatic carbocycles. The van der Waals surface area contributed by atoms with E-state index < -0.39 is 0 Å². The van der Waals surface area contributed by atoms with Crippen LogP contribution in [0.15, 0.2) is 53.1 Å². The van der Waals surface area contributed by atoms with Crippen LogP contribution in [0.2, 0.25) is 0 Å². The number of hydrogen-bond donors (Lipinski definition) is 0. The summed E-state index contributed by atoms with van der Waals surface area (Å²) in [4.78, 5) is 35.8. The fraction of sp³-hybridized carbons (Fsp3) is 0.381. The van der Waals surface area contributed by atoms with Crippen LogP contribution in [0.25, 0.3) is 0 Å². The molecule has 2 fully saturated rings. The molecule has 2 aliphatic heterocycles. The number of benzene rings is 1. The molecule has 6 nitrogen and oxygen atoms in total. The van der Waals surface area contributed by atoms with E-state index in [1.807, 2.05) is 53.6 Å². The minimum atomic E-state index is -0.256. The van der Waals surface area contributed by atoms with Crippen LogP contribution in [0.5, 0.6) is 0 Å². The molecule has 2 aliphatic rings. The van der Waals surface area contributed by atoms with Crippen LogP contribution >= 0.6 is 15.9 Å². The molecule has 0 spiro atoms. The molecule has 7 heteroatoms. The molecule has 0 saturated carbocycles. The van der Waals surface area contributed by atoms with Gasteiger partial charge in [-0.05, 0) is 30.3 Å². The highest BCUT2D eigenvalue weighted by atomic mass is 79.9. The molecular formula is C21H23BrN4O2. The maximum atomic E-state index is 13.0. The summed E-state index contributed by atoms with van der Waals surface area (Å²) in [6.45, 7) is 4.33. The first-order valence-electron chi connectivity index (χ1n) is 9.57. The predicted molar refractivity (Wildman–Crippen MR) is 111 cm³/mol. The monoisotopic (exact) mass is 442 g/mol. The van der Waals surface area contributed by atoms with Gasteiger partial charge in [-0.2, -0.15) is 0 Å². The summed E-state index contributed by atoms with van der Waals surface area (Å²) in [5, 5.41) is 0. The molecule has 1 unspecified atom stereocenters. The molecule has 0 aliphatic carbocycles. The molecule has 28 heavy (non-hydrogen) atoms. The topological polar surface area (TPSA) is 56.8 Å². The predicted octanol–water partition coefficient (Wildman–Crippen LogP) is 2.54. The molecule has 3 heterocycles. The van der Waals surface area contributed by atoms with Crippen LogP contribution in [0, 0.1) is 5.92 Å². The van der Waals surface area contributed by atoms with Crippen molar-refractivity contribution in [1.29, 1.82) is 0 Å². The van der Waals surface area contributed by atoms with Crippen molar-refractivity contribution in [3.63, 3.8) is 0 Å². The number of amides is 2. The van der Waals surface area contributed by atoms with Crippen molar-refractivity contribution in [2.45, 2.75) is 13.0 Å². The molecule has 2 aromatic rings. The Morgan fingerprint density at radius 1 is 1.11 bits per heavy atom. The number of carbonyl (C=O) groups is 2. The number of rotatable bonds is 4. The van der Waals surface area contributed by atoms with Gasteiger partial charge in [-0.15, -0.1) is 0 Å². The smallest absolute Gasteiger partial charge is 0.228 e. The molecule has 146 valence electrons. The third-order valence-corrected chi connectivity index (χ3v) is 5.88. The minimum Gasteiger partial charge on any atom is -0.340 e. The van der Waals surface area contributed by atoms with Crippen LogP contribution < -0.4 is 4.90 Å². The number of pyridine rings is 1. The Labute approximate surface area is 173 Å². The number of aromatic nitrogens is 1.